The first kappa shape index (κ1) is 31.0. The molecule has 0 bridgehead atoms. The van der Waals surface area contributed by atoms with Crippen molar-refractivity contribution >= 4 is 44.3 Å². The number of fused-ring (bicyclic) bond motifs is 2. The highest BCUT2D eigenvalue weighted by Gasteiger charge is 2.35. The molecule has 2 N–H and O–H groups in total. The molecule has 1 atom stereocenters. The van der Waals surface area contributed by atoms with Gasteiger partial charge in [-0.15, -0.1) is 0 Å². The number of anilines is 2. The third-order valence-electron chi connectivity index (χ3n) is 8.52. The van der Waals surface area contributed by atoms with E-state index in [4.69, 9.17) is 4.74 Å². The number of hydrogen-bond acceptors (Lipinski definition) is 10. The summed E-state index contributed by atoms with van der Waals surface area (Å²) in [5.74, 6) is 0.208. The Kier molecular flexibility index (Phi) is 8.39. The van der Waals surface area contributed by atoms with E-state index < -0.39 is 42.9 Å². The van der Waals surface area contributed by atoms with Crippen molar-refractivity contribution in [1.29, 1.82) is 0 Å². The maximum absolute atomic E-state index is 14.2. The van der Waals surface area contributed by atoms with Gasteiger partial charge in [-0.05, 0) is 55.9 Å². The smallest absolute Gasteiger partial charge is 0.289 e. The number of nitrogens with zero attached hydrogens (tertiary/aromatic N) is 5. The van der Waals surface area contributed by atoms with Crippen LogP contribution < -0.4 is 25.2 Å². The lowest BCUT2D eigenvalue weighted by molar-refractivity contribution is -0.387. The van der Waals surface area contributed by atoms with Gasteiger partial charge in [-0.1, -0.05) is 12.1 Å². The number of rotatable bonds is 9. The molecule has 3 aromatic heterocycles. The molecule has 6 rings (SSSR count). The zero-order valence-corrected chi connectivity index (χ0v) is 25.4. The molecule has 0 saturated heterocycles. The van der Waals surface area contributed by atoms with Crippen LogP contribution in [-0.4, -0.2) is 59.5 Å². The molecule has 240 valence electrons. The van der Waals surface area contributed by atoms with Gasteiger partial charge in [0.05, 0.1) is 22.2 Å². The van der Waals surface area contributed by atoms with E-state index >= 15 is 0 Å². The van der Waals surface area contributed by atoms with Crippen LogP contribution in [0.5, 0.6) is 5.75 Å². The van der Waals surface area contributed by atoms with E-state index in [1.54, 1.807) is 12.1 Å². The number of para-hydroxylation sites is 1. The van der Waals surface area contributed by atoms with Crippen molar-refractivity contribution < 1.29 is 27.3 Å². The van der Waals surface area contributed by atoms with Gasteiger partial charge in [-0.3, -0.25) is 24.7 Å². The van der Waals surface area contributed by atoms with Gasteiger partial charge in [0.2, 0.25) is 10.0 Å². The van der Waals surface area contributed by atoms with Crippen molar-refractivity contribution in [2.45, 2.75) is 49.2 Å². The van der Waals surface area contributed by atoms with Gasteiger partial charge in [0.1, 0.15) is 11.6 Å². The van der Waals surface area contributed by atoms with Gasteiger partial charge in [-0.2, -0.15) is 0 Å². The number of nitrogens with one attached hydrogen (secondary N) is 2. The molecule has 1 fully saturated rings. The molecule has 4 heterocycles. The molecule has 1 aromatic carbocycles. The average Bonchev–Trinajstić information content (AvgIpc) is 3.05. The first-order valence-electron chi connectivity index (χ1n) is 14.6. The van der Waals surface area contributed by atoms with Crippen molar-refractivity contribution in [3.05, 3.63) is 87.1 Å². The van der Waals surface area contributed by atoms with Crippen LogP contribution in [0.15, 0.2) is 70.5 Å². The zero-order valence-electron chi connectivity index (χ0n) is 24.6. The molecule has 4 aromatic rings. The Balaban J connectivity index is 1.28. The van der Waals surface area contributed by atoms with Gasteiger partial charge in [0.15, 0.2) is 23.1 Å². The van der Waals surface area contributed by atoms with Crippen LogP contribution in [0.2, 0.25) is 0 Å². The minimum atomic E-state index is -4.43. The number of amides is 1. The third-order valence-corrected chi connectivity index (χ3v) is 10.1. The maximum atomic E-state index is 14.2. The monoisotopic (exact) mass is 651 g/mol. The predicted molar refractivity (Wildman–Crippen MR) is 166 cm³/mol. The van der Waals surface area contributed by atoms with Crippen LogP contribution in [0.3, 0.4) is 0 Å². The Hall–Kier alpha value is -4.96. The fraction of sp³-hybridized carbons (Fsp3) is 0.333. The summed E-state index contributed by atoms with van der Waals surface area (Å²) in [6, 6.07) is 11.6. The topological polar surface area (TPSA) is 179 Å². The molecule has 16 heteroatoms. The summed E-state index contributed by atoms with van der Waals surface area (Å²) in [6.45, 7) is -0.231. The lowest BCUT2D eigenvalue weighted by atomic mass is 9.81. The van der Waals surface area contributed by atoms with Crippen molar-refractivity contribution in [2.24, 2.45) is 5.92 Å². The molecule has 1 amide bonds. The quantitative estimate of drug-likeness (QED) is 0.202. The molecule has 0 spiro atoms. The lowest BCUT2D eigenvalue weighted by Crippen LogP contribution is -2.47. The minimum absolute atomic E-state index is 0.0213. The lowest BCUT2D eigenvalue weighted by Gasteiger charge is -2.38. The van der Waals surface area contributed by atoms with Gasteiger partial charge < -0.3 is 19.5 Å². The minimum Gasteiger partial charge on any atom is -0.480 e. The van der Waals surface area contributed by atoms with Crippen LogP contribution in [0, 0.1) is 21.8 Å². The molecule has 1 aliphatic heterocycles. The predicted octanol–water partition coefficient (Wildman–Crippen LogP) is 3.21. The summed E-state index contributed by atoms with van der Waals surface area (Å²) in [6.07, 6.45) is 3.37. The van der Waals surface area contributed by atoms with E-state index in [0.717, 1.165) is 18.3 Å². The number of aromatic nitrogens is 3. The number of ether oxygens (including phenoxy) is 1. The van der Waals surface area contributed by atoms with Crippen molar-refractivity contribution in [3.8, 4) is 5.75 Å². The average molecular weight is 652 g/mol. The van der Waals surface area contributed by atoms with E-state index in [1.807, 2.05) is 11.9 Å². The summed E-state index contributed by atoms with van der Waals surface area (Å²) in [5.41, 5.74) is -0.499. The highest BCUT2D eigenvalue weighted by molar-refractivity contribution is 7.89. The van der Waals surface area contributed by atoms with Crippen LogP contribution in [0.4, 0.5) is 21.7 Å². The Morgan fingerprint density at radius 1 is 1.15 bits per heavy atom. The molecule has 46 heavy (non-hydrogen) atoms. The van der Waals surface area contributed by atoms with Gasteiger partial charge in [0, 0.05) is 43.9 Å². The molecular weight excluding hydrogens is 621 g/mol. The second kappa shape index (κ2) is 12.4. The van der Waals surface area contributed by atoms with Gasteiger partial charge in [0.25, 0.3) is 17.2 Å². The highest BCUT2D eigenvalue weighted by atomic mass is 32.2. The molecular formula is C30H30FN7O7S. The van der Waals surface area contributed by atoms with Crippen molar-refractivity contribution in [3.63, 3.8) is 0 Å². The van der Waals surface area contributed by atoms with Crippen LogP contribution in [0.1, 0.15) is 25.7 Å². The normalized spacial score (nSPS) is 18.7. The van der Waals surface area contributed by atoms with Crippen LogP contribution >= 0.6 is 0 Å². The zero-order chi connectivity index (χ0) is 32.6. The number of nitro groups is 1. The van der Waals surface area contributed by atoms with E-state index in [0.29, 0.717) is 48.6 Å². The highest BCUT2D eigenvalue weighted by Crippen LogP contribution is 2.35. The molecule has 14 nitrogen and oxygen atoms in total. The number of carbonyl (C=O) groups excluding carboxylic acids is 1. The van der Waals surface area contributed by atoms with Crippen molar-refractivity contribution in [1.82, 2.24) is 19.3 Å². The van der Waals surface area contributed by atoms with Crippen LogP contribution in [0.25, 0.3) is 11.0 Å². The summed E-state index contributed by atoms with van der Waals surface area (Å²) in [5, 5.41) is 14.4. The summed E-state index contributed by atoms with van der Waals surface area (Å²) >= 11 is 0. The van der Waals surface area contributed by atoms with Gasteiger partial charge in [-0.25, -0.2) is 22.5 Å². The standard InChI is InChI=1S/C30H30FN7O7S/c1-36(27-12-11-25-30(33-27)34-28(39)17-45-25)20-8-6-18(7-9-20)22(35-46(43,44)26-5-3-2-4-23(26)38(41)42)16-37-24-14-19(31)15-32-21(24)10-13-29(37)40/h2-5,10-15,18,20,22,35H,6-9,16-17H2,1H3,(H,33,34,39)/t18-,20-,22?. The summed E-state index contributed by atoms with van der Waals surface area (Å²) < 4.78 is 50.9. The van der Waals surface area contributed by atoms with Crippen LogP contribution in [-0.2, 0) is 21.4 Å². The third kappa shape index (κ3) is 6.25. The van der Waals surface area contributed by atoms with Gasteiger partial charge >= 0.3 is 0 Å². The summed E-state index contributed by atoms with van der Waals surface area (Å²) in [7, 11) is -2.54. The number of benzene rings is 1. The Bertz CT molecular complexity index is 2000. The molecule has 1 unspecified atom stereocenters. The number of pyridine rings is 3. The number of sulfonamides is 1. The molecule has 1 saturated carbocycles. The largest absolute Gasteiger partial charge is 0.480 e. The second-order valence-electron chi connectivity index (χ2n) is 11.3. The Labute approximate surface area is 262 Å². The first-order chi connectivity index (χ1) is 22.0. The fourth-order valence-corrected chi connectivity index (χ4v) is 7.60. The van der Waals surface area contributed by atoms with E-state index in [9.17, 15) is 32.5 Å². The number of halogens is 1. The maximum Gasteiger partial charge on any atom is 0.289 e. The Morgan fingerprint density at radius 2 is 1.91 bits per heavy atom. The number of hydrogen-bond donors (Lipinski definition) is 2. The summed E-state index contributed by atoms with van der Waals surface area (Å²) in [4.78, 5) is 45.8. The number of nitro benzene ring substituents is 1. The Morgan fingerprint density at radius 3 is 2.67 bits per heavy atom. The molecule has 0 radical (unpaired) electrons. The SMILES string of the molecule is CN(c1ccc2c(n1)NC(=O)CO2)[C@H]1CC[C@H](C(Cn2c(=O)ccc3ncc(F)cc32)NS(=O)(=O)c2ccccc2[N+](=O)[O-])CC1. The molecule has 2 aliphatic rings. The number of carbonyl (C=O) groups is 1. The first-order valence-corrected chi connectivity index (χ1v) is 16.1. The fourth-order valence-electron chi connectivity index (χ4n) is 6.14. The molecule has 1 aliphatic carbocycles. The van der Waals surface area contributed by atoms with E-state index in [-0.39, 0.29) is 36.5 Å². The van der Waals surface area contributed by atoms with E-state index in [2.05, 4.69) is 20.0 Å². The van der Waals surface area contributed by atoms with Crippen molar-refractivity contribution in [2.75, 3.05) is 23.9 Å². The van der Waals surface area contributed by atoms with E-state index in [1.165, 1.54) is 34.9 Å². The second-order valence-corrected chi connectivity index (χ2v) is 13.0.